The van der Waals surface area contributed by atoms with Crippen molar-refractivity contribution in [1.29, 1.82) is 0 Å². The molecule has 1 unspecified atom stereocenters. The number of rotatable bonds is 7. The van der Waals surface area contributed by atoms with Gasteiger partial charge in [-0.1, -0.05) is 22.9 Å². The van der Waals surface area contributed by atoms with Crippen LogP contribution < -0.4 is 4.90 Å². The van der Waals surface area contributed by atoms with Crippen molar-refractivity contribution in [3.8, 4) is 0 Å². The first kappa shape index (κ1) is 13.8. The third-order valence-electron chi connectivity index (χ3n) is 3.28. The van der Waals surface area contributed by atoms with Crippen LogP contribution in [0.25, 0.3) is 0 Å². The van der Waals surface area contributed by atoms with Crippen LogP contribution in [0.3, 0.4) is 0 Å². The molecule has 1 fully saturated rings. The average Bonchev–Trinajstić information content (AvgIpc) is 3.14. The summed E-state index contributed by atoms with van der Waals surface area (Å²) < 4.78 is 5.14. The molecule has 18 heavy (non-hydrogen) atoms. The van der Waals surface area contributed by atoms with Crippen molar-refractivity contribution in [2.75, 3.05) is 25.2 Å². The number of ether oxygens (including phenoxy) is 1. The molecule has 0 aliphatic heterocycles. The summed E-state index contributed by atoms with van der Waals surface area (Å²) in [6, 6.07) is 0.418. The highest BCUT2D eigenvalue weighted by atomic mass is 35.5. The molecule has 100 valence electrons. The summed E-state index contributed by atoms with van der Waals surface area (Å²) in [6.07, 6.45) is 3.30. The molecular weight excluding hydrogens is 272 g/mol. The first-order valence-electron chi connectivity index (χ1n) is 6.04. The van der Waals surface area contributed by atoms with Crippen LogP contribution in [-0.4, -0.2) is 37.6 Å². The third kappa shape index (κ3) is 3.02. The molecule has 1 aromatic heterocycles. The van der Waals surface area contributed by atoms with E-state index < -0.39 is 0 Å². The highest BCUT2D eigenvalue weighted by Gasteiger charge is 2.33. The standard InChI is InChI=1S/C12H17ClN2O2S/c1-8(9-3-4-9)15(5-6-17-2)12-14-11(13)10(7-16)18-12/h7-9H,3-6H2,1-2H3. The zero-order valence-electron chi connectivity index (χ0n) is 10.6. The second kappa shape index (κ2) is 5.99. The zero-order valence-corrected chi connectivity index (χ0v) is 12.1. The smallest absolute Gasteiger partial charge is 0.187 e. The molecule has 0 bridgehead atoms. The van der Waals surface area contributed by atoms with E-state index >= 15 is 0 Å². The molecule has 0 amide bonds. The van der Waals surface area contributed by atoms with E-state index in [9.17, 15) is 4.79 Å². The second-order valence-electron chi connectivity index (χ2n) is 4.53. The average molecular weight is 289 g/mol. The molecule has 6 heteroatoms. The van der Waals surface area contributed by atoms with Crippen LogP contribution >= 0.6 is 22.9 Å². The summed E-state index contributed by atoms with van der Waals surface area (Å²) in [6.45, 7) is 3.62. The fourth-order valence-electron chi connectivity index (χ4n) is 1.99. The maximum absolute atomic E-state index is 10.8. The maximum Gasteiger partial charge on any atom is 0.187 e. The Balaban J connectivity index is 2.17. The topological polar surface area (TPSA) is 42.4 Å². The molecule has 1 saturated carbocycles. The van der Waals surface area contributed by atoms with Gasteiger partial charge in [0.25, 0.3) is 0 Å². The van der Waals surface area contributed by atoms with Gasteiger partial charge in [-0.15, -0.1) is 0 Å². The Morgan fingerprint density at radius 2 is 2.39 bits per heavy atom. The van der Waals surface area contributed by atoms with Gasteiger partial charge in [0, 0.05) is 19.7 Å². The molecule has 0 saturated heterocycles. The Hall–Kier alpha value is -0.650. The Kier molecular flexibility index (Phi) is 4.59. The van der Waals surface area contributed by atoms with E-state index in [-0.39, 0.29) is 0 Å². The molecule has 2 rings (SSSR count). The lowest BCUT2D eigenvalue weighted by Crippen LogP contribution is -2.37. The van der Waals surface area contributed by atoms with Crippen LogP contribution in [-0.2, 0) is 4.74 Å². The van der Waals surface area contributed by atoms with Crippen molar-refractivity contribution < 1.29 is 9.53 Å². The van der Waals surface area contributed by atoms with Crippen molar-refractivity contribution >= 4 is 34.4 Å². The van der Waals surface area contributed by atoms with Crippen molar-refractivity contribution in [2.45, 2.75) is 25.8 Å². The van der Waals surface area contributed by atoms with Crippen LogP contribution in [0.2, 0.25) is 5.15 Å². The lowest BCUT2D eigenvalue weighted by Gasteiger charge is -2.28. The summed E-state index contributed by atoms with van der Waals surface area (Å²) in [7, 11) is 1.69. The summed E-state index contributed by atoms with van der Waals surface area (Å²) in [5, 5.41) is 1.12. The zero-order chi connectivity index (χ0) is 13.1. The van der Waals surface area contributed by atoms with Crippen LogP contribution in [0.15, 0.2) is 0 Å². The number of anilines is 1. The summed E-state index contributed by atoms with van der Waals surface area (Å²) in [5.74, 6) is 0.726. The van der Waals surface area contributed by atoms with Gasteiger partial charge in [0.2, 0.25) is 0 Å². The number of nitrogens with zero attached hydrogens (tertiary/aromatic N) is 2. The Bertz CT molecular complexity index is 420. The highest BCUT2D eigenvalue weighted by Crippen LogP contribution is 2.38. The Labute approximate surface area is 116 Å². The fraction of sp³-hybridized carbons (Fsp3) is 0.667. The molecule has 1 aliphatic carbocycles. The number of carbonyl (C=O) groups is 1. The van der Waals surface area contributed by atoms with Crippen LogP contribution in [0.5, 0.6) is 0 Å². The number of methoxy groups -OCH3 is 1. The van der Waals surface area contributed by atoms with Crippen LogP contribution in [0.4, 0.5) is 5.13 Å². The Morgan fingerprint density at radius 1 is 1.67 bits per heavy atom. The summed E-state index contributed by atoms with van der Waals surface area (Å²) in [5.41, 5.74) is 0. The van der Waals surface area contributed by atoms with E-state index in [2.05, 4.69) is 16.8 Å². The van der Waals surface area contributed by atoms with Gasteiger partial charge in [-0.2, -0.15) is 0 Å². The van der Waals surface area contributed by atoms with E-state index in [1.165, 1.54) is 24.2 Å². The molecule has 0 aromatic carbocycles. The SMILES string of the molecule is COCCN(c1nc(Cl)c(C=O)s1)C(C)C1CC1. The predicted octanol–water partition coefficient (Wildman–Crippen LogP) is 2.86. The van der Waals surface area contributed by atoms with Crippen LogP contribution in [0, 0.1) is 5.92 Å². The molecule has 1 atom stereocenters. The largest absolute Gasteiger partial charge is 0.383 e. The number of aldehydes is 1. The quantitative estimate of drug-likeness (QED) is 0.724. The summed E-state index contributed by atoms with van der Waals surface area (Å²) >= 11 is 7.28. The number of hydrogen-bond donors (Lipinski definition) is 0. The fourth-order valence-corrected chi connectivity index (χ4v) is 3.17. The van der Waals surface area contributed by atoms with Gasteiger partial charge < -0.3 is 9.64 Å². The van der Waals surface area contributed by atoms with Gasteiger partial charge in [0.05, 0.1) is 6.61 Å². The predicted molar refractivity (Wildman–Crippen MR) is 73.9 cm³/mol. The minimum atomic E-state index is 0.301. The molecule has 0 N–H and O–H groups in total. The van der Waals surface area contributed by atoms with Crippen molar-refractivity contribution in [3.63, 3.8) is 0 Å². The second-order valence-corrected chi connectivity index (χ2v) is 5.90. The first-order chi connectivity index (χ1) is 8.67. The highest BCUT2D eigenvalue weighted by molar-refractivity contribution is 7.17. The molecule has 0 spiro atoms. The van der Waals surface area contributed by atoms with E-state index in [1.54, 1.807) is 7.11 Å². The van der Waals surface area contributed by atoms with Gasteiger partial charge in [-0.3, -0.25) is 4.79 Å². The summed E-state index contributed by atoms with van der Waals surface area (Å²) in [4.78, 5) is 17.8. The minimum Gasteiger partial charge on any atom is -0.383 e. The van der Waals surface area contributed by atoms with Crippen molar-refractivity contribution in [3.05, 3.63) is 10.0 Å². The lowest BCUT2D eigenvalue weighted by atomic mass is 10.2. The maximum atomic E-state index is 10.8. The molecule has 1 aromatic rings. The van der Waals surface area contributed by atoms with Gasteiger partial charge in [-0.05, 0) is 25.7 Å². The molecular formula is C12H17ClN2O2S. The minimum absolute atomic E-state index is 0.301. The normalized spacial score (nSPS) is 16.6. The molecule has 1 aliphatic rings. The van der Waals surface area contributed by atoms with Gasteiger partial charge in [-0.25, -0.2) is 4.98 Å². The number of thiazole rings is 1. The Morgan fingerprint density at radius 3 is 2.89 bits per heavy atom. The number of hydrogen-bond acceptors (Lipinski definition) is 5. The molecule has 0 radical (unpaired) electrons. The van der Waals surface area contributed by atoms with Crippen LogP contribution in [0.1, 0.15) is 29.4 Å². The van der Waals surface area contributed by atoms with E-state index in [0.717, 1.165) is 23.9 Å². The first-order valence-corrected chi connectivity index (χ1v) is 7.24. The van der Waals surface area contributed by atoms with E-state index in [4.69, 9.17) is 16.3 Å². The molecule has 4 nitrogen and oxygen atoms in total. The molecule has 1 heterocycles. The number of halogens is 1. The van der Waals surface area contributed by atoms with Crippen molar-refractivity contribution in [2.24, 2.45) is 5.92 Å². The third-order valence-corrected chi connectivity index (χ3v) is 4.70. The van der Waals surface area contributed by atoms with Gasteiger partial charge in [0.15, 0.2) is 16.6 Å². The monoisotopic (exact) mass is 288 g/mol. The number of carbonyl (C=O) groups excluding carboxylic acids is 1. The van der Waals surface area contributed by atoms with Crippen molar-refractivity contribution in [1.82, 2.24) is 4.98 Å². The lowest BCUT2D eigenvalue weighted by molar-refractivity contribution is 0.112. The number of aromatic nitrogens is 1. The van der Waals surface area contributed by atoms with E-state index in [0.29, 0.717) is 22.7 Å². The van der Waals surface area contributed by atoms with Gasteiger partial charge in [0.1, 0.15) is 4.88 Å². The van der Waals surface area contributed by atoms with E-state index in [1.807, 2.05) is 0 Å². The van der Waals surface area contributed by atoms with Gasteiger partial charge >= 0.3 is 0 Å².